The van der Waals surface area contributed by atoms with Gasteiger partial charge in [0.25, 0.3) is 26.5 Å². The summed E-state index contributed by atoms with van der Waals surface area (Å²) in [6, 6.07) is 48.6. The van der Waals surface area contributed by atoms with Crippen molar-refractivity contribution >= 4 is 134 Å². The number of anilines is 4. The van der Waals surface area contributed by atoms with Gasteiger partial charge in [0.05, 0.1) is 76.7 Å². The Morgan fingerprint density at radius 2 is 0.892 bits per heavy atom. The number of carbonyl (C=O) groups excluding carboxylic acids is 5. The summed E-state index contributed by atoms with van der Waals surface area (Å²) < 4.78 is 87.4. The third-order valence-corrected chi connectivity index (χ3v) is 17.9. The van der Waals surface area contributed by atoms with Crippen molar-refractivity contribution in [3.05, 3.63) is 191 Å². The smallest absolute Gasteiger partial charge is 1.00 e. The summed E-state index contributed by atoms with van der Waals surface area (Å²) in [5.41, 5.74) is 4.35. The molecule has 486 valence electrons. The van der Waals surface area contributed by atoms with E-state index in [1.807, 2.05) is 92.7 Å². The summed E-state index contributed by atoms with van der Waals surface area (Å²) in [6.07, 6.45) is 0.310. The fourth-order valence-electron chi connectivity index (χ4n) is 9.13. The zero-order valence-corrected chi connectivity index (χ0v) is 63.8. The molecule has 0 heterocycles. The minimum atomic E-state index is -4.21. The van der Waals surface area contributed by atoms with Crippen molar-refractivity contribution < 1.29 is 184 Å². The molecule has 21 nitrogen and oxygen atoms in total. The van der Waals surface area contributed by atoms with Gasteiger partial charge in [-0.1, -0.05) is 112 Å². The predicted molar refractivity (Wildman–Crippen MR) is 353 cm³/mol. The molecule has 8 aromatic rings. The van der Waals surface area contributed by atoms with E-state index in [1.165, 1.54) is 66.9 Å². The maximum Gasteiger partial charge on any atom is 1.00 e. The van der Waals surface area contributed by atoms with Crippen molar-refractivity contribution in [2.75, 3.05) is 73.4 Å². The first-order valence-corrected chi connectivity index (χ1v) is 32.3. The number of hydrogen-bond acceptors (Lipinski definition) is 19. The van der Waals surface area contributed by atoms with Crippen molar-refractivity contribution in [2.24, 2.45) is 0 Å². The zero-order chi connectivity index (χ0) is 66.8. The number of carbonyl (C=O) groups is 5. The molecule has 0 aliphatic heterocycles. The van der Waals surface area contributed by atoms with Crippen LogP contribution in [0.4, 0.5) is 22.7 Å². The van der Waals surface area contributed by atoms with Gasteiger partial charge < -0.3 is 49.8 Å². The molecule has 28 heteroatoms. The molecule has 0 unspecified atom stereocenters. The van der Waals surface area contributed by atoms with Gasteiger partial charge in [0.15, 0.2) is 0 Å². The fourth-order valence-corrected chi connectivity index (χ4v) is 12.1. The maximum atomic E-state index is 14.0. The Morgan fingerprint density at radius 1 is 0.527 bits per heavy atom. The summed E-state index contributed by atoms with van der Waals surface area (Å²) >= 11 is 15.1. The Bertz CT molecular complexity index is 3960. The van der Waals surface area contributed by atoms with Crippen molar-refractivity contribution in [3.8, 4) is 11.5 Å². The van der Waals surface area contributed by atoms with E-state index >= 15 is 0 Å². The van der Waals surface area contributed by atoms with Crippen molar-refractivity contribution in [1.29, 1.82) is 0 Å². The van der Waals surface area contributed by atoms with Gasteiger partial charge in [-0.3, -0.25) is 33.0 Å². The number of benzene rings is 8. The molecule has 1 N–H and O–H groups in total. The number of ether oxygens (including phenoxy) is 6. The van der Waals surface area contributed by atoms with Crippen LogP contribution < -0.4 is 136 Å². The van der Waals surface area contributed by atoms with Gasteiger partial charge in [0.1, 0.15) is 23.4 Å². The average Bonchev–Trinajstić information content (AvgIpc) is 0.769. The Kier molecular flexibility index (Phi) is 36.0. The van der Waals surface area contributed by atoms with Crippen LogP contribution in [0.1, 0.15) is 39.2 Å². The van der Waals surface area contributed by atoms with E-state index in [1.54, 1.807) is 66.7 Å². The quantitative estimate of drug-likeness (QED) is 0.0155. The summed E-state index contributed by atoms with van der Waals surface area (Å²) in [7, 11) is 0.243. The Balaban J connectivity index is 0.000000546. The molecule has 0 amide bonds. The molecule has 0 saturated heterocycles. The molecule has 0 aliphatic carbocycles. The standard InChI is InChI=1S/C32H33ClN2O7S.C29H29ClN2O5S.C3H5BrO2.CH2O3.2K.H/c1-22(19-31(36)41-3)34(20-23-9-11-24(33)12-10-23)29-17-18-30(28-8-6-5-7-27(28)29)35(21-32(37)42-4)43(38,39)26-15-13-25(40-2)14-16-26;1-20(18-29(33)37-3)32(19-21-8-10-22(30)11-9-21)28-17-16-27(25-6-4-5-7-26(25)28)31-38(34,35)24-14-12-23(36-2)13-15-24;1-6-3(5)2-4;2-1-4-3;;;/h5-18,22H,19-21H2,1-4H3;4-17,20,31H,18-19H2,1-3H3;2H2,1H3;1,3H;;;/q;;;;2*+1;-1/p-1/t22-;20-;;;;;/m00...../s1. The van der Waals surface area contributed by atoms with E-state index in [0.29, 0.717) is 51.4 Å². The topological polar surface area (TPSA) is 263 Å². The molecule has 2 atom stereocenters. The molecule has 93 heavy (non-hydrogen) atoms. The van der Waals surface area contributed by atoms with Crippen molar-refractivity contribution in [1.82, 2.24) is 0 Å². The number of nitrogens with one attached hydrogen (secondary N) is 1. The van der Waals surface area contributed by atoms with Gasteiger partial charge >= 0.3 is 127 Å². The normalized spacial score (nSPS) is 11.2. The average molecular weight is 1470 g/mol. The summed E-state index contributed by atoms with van der Waals surface area (Å²) in [6.45, 7) is 4.11. The first-order valence-electron chi connectivity index (χ1n) is 27.5. The number of nitrogens with zero attached hydrogens (tertiary/aromatic N) is 3. The van der Waals surface area contributed by atoms with E-state index < -0.39 is 32.6 Å². The van der Waals surface area contributed by atoms with Crippen molar-refractivity contribution in [2.45, 2.75) is 61.7 Å². The Morgan fingerprint density at radius 3 is 1.27 bits per heavy atom. The second kappa shape index (κ2) is 40.9. The SMILES string of the molecule is COC(=O)CBr.COC(=O)C[C@H](C)N(Cc1ccc(Cl)cc1)c1ccc(N(CC(=O)OC)S(=O)(=O)c2ccc(OC)cc2)c2ccccc12.COC(=O)C[C@H](C)N(Cc1ccc(Cl)cc1)c1ccc(NS(=O)(=O)c2ccc(OC)cc2)c2ccccc12.O=CO[O-].[H-].[K+].[K+]. The van der Waals surface area contributed by atoms with Gasteiger partial charge in [0, 0.05) is 68.1 Å². The number of hydrogen-bond donors (Lipinski definition) is 1. The van der Waals surface area contributed by atoms with Gasteiger partial charge in [-0.25, -0.2) is 16.8 Å². The fraction of sp³-hybridized carbons (Fsp3) is 0.246. The summed E-state index contributed by atoms with van der Waals surface area (Å²) in [5.74, 6) is -0.566. The molecule has 8 aromatic carbocycles. The minimum Gasteiger partial charge on any atom is -1.00 e. The first-order chi connectivity index (χ1) is 43.5. The third-order valence-electron chi connectivity index (χ3n) is 13.8. The van der Waals surface area contributed by atoms with Crippen LogP contribution in [-0.2, 0) is 80.9 Å². The number of fused-ring (bicyclic) bond motifs is 2. The molecular weight excluding hydrogens is 1400 g/mol. The van der Waals surface area contributed by atoms with E-state index in [-0.39, 0.29) is 169 Å². The van der Waals surface area contributed by atoms with Crippen LogP contribution in [-0.4, -0.2) is 114 Å². The van der Waals surface area contributed by atoms with Crippen LogP contribution in [0.15, 0.2) is 180 Å². The van der Waals surface area contributed by atoms with Gasteiger partial charge in [-0.05, 0) is 122 Å². The first kappa shape index (κ1) is 81.9. The van der Waals surface area contributed by atoms with E-state index in [2.05, 4.69) is 40.1 Å². The molecule has 0 bridgehead atoms. The molecule has 0 aromatic heterocycles. The number of alkyl halides is 1. The molecule has 8 rings (SSSR count). The summed E-state index contributed by atoms with van der Waals surface area (Å²) in [5, 5.41) is 12.8. The number of esters is 4. The van der Waals surface area contributed by atoms with Crippen LogP contribution in [0.5, 0.6) is 11.5 Å². The molecule has 0 spiro atoms. The van der Waals surface area contributed by atoms with Crippen LogP contribution >= 0.6 is 39.1 Å². The molecule has 0 aliphatic rings. The van der Waals surface area contributed by atoms with E-state index in [4.69, 9.17) is 56.9 Å². The van der Waals surface area contributed by atoms with Gasteiger partial charge in [-0.15, -0.1) is 0 Å². The molecule has 0 radical (unpaired) electrons. The maximum absolute atomic E-state index is 14.0. The second-order valence-electron chi connectivity index (χ2n) is 19.5. The second-order valence-corrected chi connectivity index (χ2v) is 24.5. The Hall–Kier alpha value is -5.38. The third kappa shape index (κ3) is 24.0. The molecule has 0 fully saturated rings. The number of methoxy groups -OCH3 is 6. The number of halogens is 3. The Labute approximate surface area is 646 Å². The predicted octanol–water partition coefficient (Wildman–Crippen LogP) is 5.20. The van der Waals surface area contributed by atoms with E-state index in [9.17, 15) is 36.0 Å². The van der Waals surface area contributed by atoms with Gasteiger partial charge in [0.2, 0.25) is 0 Å². The molecular formula is C65H69BrCl2K2N4O17S2. The van der Waals surface area contributed by atoms with Crippen LogP contribution in [0.25, 0.3) is 21.5 Å². The van der Waals surface area contributed by atoms with E-state index in [0.717, 1.165) is 43.0 Å². The minimum absolute atomic E-state index is 0. The zero-order valence-electron chi connectivity index (χ0n) is 53.9. The van der Waals surface area contributed by atoms with Gasteiger partial charge in [-0.2, -0.15) is 0 Å². The number of sulfonamides is 2. The van der Waals surface area contributed by atoms with Crippen LogP contribution in [0.2, 0.25) is 10.0 Å². The van der Waals surface area contributed by atoms with Crippen LogP contribution in [0.3, 0.4) is 0 Å². The summed E-state index contributed by atoms with van der Waals surface area (Å²) in [4.78, 5) is 62.4. The monoisotopic (exact) mass is 1470 g/mol. The molecule has 0 saturated carbocycles. The van der Waals surface area contributed by atoms with Crippen LogP contribution in [0, 0.1) is 0 Å². The number of rotatable bonds is 24. The largest absolute Gasteiger partial charge is 1.00 e. The van der Waals surface area contributed by atoms with Crippen molar-refractivity contribution in [3.63, 3.8) is 0 Å².